The van der Waals surface area contributed by atoms with Gasteiger partial charge in [-0.05, 0) is 12.8 Å². The van der Waals surface area contributed by atoms with Crippen molar-refractivity contribution in [2.24, 2.45) is 0 Å². The van der Waals surface area contributed by atoms with E-state index in [0.29, 0.717) is 26.4 Å². The Bertz CT molecular complexity index is 385. The standard InChI is InChI=1S/C15H22F2O3/c1-4-18-5-6-19-7-8-20-12-9-13(16)15(11(2)3)14(17)10-12/h9-11H,4-8H2,1-3H3. The second-order valence-electron chi connectivity index (χ2n) is 4.61. The lowest BCUT2D eigenvalue weighted by Gasteiger charge is -2.12. The molecule has 0 bridgehead atoms. The fourth-order valence-electron chi connectivity index (χ4n) is 1.78. The Kier molecular flexibility index (Phi) is 7.47. The van der Waals surface area contributed by atoms with Crippen LogP contribution in [0.15, 0.2) is 12.1 Å². The molecule has 0 spiro atoms. The van der Waals surface area contributed by atoms with E-state index in [1.807, 2.05) is 6.92 Å². The number of hydrogen-bond donors (Lipinski definition) is 0. The van der Waals surface area contributed by atoms with Crippen LogP contribution < -0.4 is 4.74 Å². The normalized spacial score (nSPS) is 11.1. The largest absolute Gasteiger partial charge is 0.491 e. The molecule has 0 fully saturated rings. The number of ether oxygens (including phenoxy) is 3. The summed E-state index contributed by atoms with van der Waals surface area (Å²) in [5.74, 6) is -1.18. The van der Waals surface area contributed by atoms with Crippen molar-refractivity contribution in [3.05, 3.63) is 29.3 Å². The molecule has 0 aliphatic rings. The van der Waals surface area contributed by atoms with E-state index in [2.05, 4.69) is 0 Å². The highest BCUT2D eigenvalue weighted by Gasteiger charge is 2.14. The average Bonchev–Trinajstić information content (AvgIpc) is 2.36. The molecule has 0 N–H and O–H groups in total. The minimum atomic E-state index is -0.577. The van der Waals surface area contributed by atoms with E-state index in [-0.39, 0.29) is 23.8 Å². The van der Waals surface area contributed by atoms with E-state index in [1.165, 1.54) is 12.1 Å². The van der Waals surface area contributed by atoms with Gasteiger partial charge >= 0.3 is 0 Å². The van der Waals surface area contributed by atoms with Gasteiger partial charge in [0, 0.05) is 24.3 Å². The summed E-state index contributed by atoms with van der Waals surface area (Å²) >= 11 is 0. The number of halogens is 2. The minimum absolute atomic E-state index is 0.0883. The zero-order chi connectivity index (χ0) is 15.0. The smallest absolute Gasteiger partial charge is 0.133 e. The van der Waals surface area contributed by atoms with Crippen LogP contribution in [-0.2, 0) is 9.47 Å². The molecule has 0 saturated carbocycles. The monoisotopic (exact) mass is 288 g/mol. The molecule has 0 amide bonds. The van der Waals surface area contributed by atoms with Crippen molar-refractivity contribution in [1.29, 1.82) is 0 Å². The molecule has 20 heavy (non-hydrogen) atoms. The summed E-state index contributed by atoms with van der Waals surface area (Å²) in [6, 6.07) is 2.41. The first-order valence-electron chi connectivity index (χ1n) is 6.83. The van der Waals surface area contributed by atoms with Crippen molar-refractivity contribution in [3.63, 3.8) is 0 Å². The molecule has 3 nitrogen and oxygen atoms in total. The maximum Gasteiger partial charge on any atom is 0.133 e. The van der Waals surface area contributed by atoms with Crippen molar-refractivity contribution in [2.75, 3.05) is 33.0 Å². The number of hydrogen-bond acceptors (Lipinski definition) is 3. The Labute approximate surface area is 118 Å². The highest BCUT2D eigenvalue weighted by molar-refractivity contribution is 5.32. The molecule has 0 atom stereocenters. The second kappa shape index (κ2) is 8.87. The van der Waals surface area contributed by atoms with Gasteiger partial charge < -0.3 is 14.2 Å². The van der Waals surface area contributed by atoms with Crippen LogP contribution >= 0.6 is 0 Å². The first-order chi connectivity index (χ1) is 9.56. The van der Waals surface area contributed by atoms with Crippen molar-refractivity contribution in [1.82, 2.24) is 0 Å². The quantitative estimate of drug-likeness (QED) is 0.651. The lowest BCUT2D eigenvalue weighted by Crippen LogP contribution is -2.11. The van der Waals surface area contributed by atoms with Crippen LogP contribution in [0.5, 0.6) is 5.75 Å². The Balaban J connectivity index is 2.38. The second-order valence-corrected chi connectivity index (χ2v) is 4.61. The lowest BCUT2D eigenvalue weighted by atomic mass is 10.0. The van der Waals surface area contributed by atoms with Crippen LogP contribution in [-0.4, -0.2) is 33.0 Å². The topological polar surface area (TPSA) is 27.7 Å². The molecule has 0 unspecified atom stereocenters. The molecule has 1 aromatic rings. The summed E-state index contributed by atoms with van der Waals surface area (Å²) in [4.78, 5) is 0. The van der Waals surface area contributed by atoms with E-state index in [1.54, 1.807) is 13.8 Å². The van der Waals surface area contributed by atoms with Gasteiger partial charge in [0.25, 0.3) is 0 Å². The van der Waals surface area contributed by atoms with Gasteiger partial charge in [0.2, 0.25) is 0 Å². The van der Waals surface area contributed by atoms with Gasteiger partial charge in [0.05, 0.1) is 19.8 Å². The van der Waals surface area contributed by atoms with Gasteiger partial charge in [0.15, 0.2) is 0 Å². The lowest BCUT2D eigenvalue weighted by molar-refractivity contribution is 0.0404. The molecule has 0 saturated heterocycles. The molecule has 0 aliphatic heterocycles. The SMILES string of the molecule is CCOCCOCCOc1cc(F)c(C(C)C)c(F)c1. The predicted molar refractivity (Wildman–Crippen MR) is 73.3 cm³/mol. The van der Waals surface area contributed by atoms with Crippen LogP contribution in [0.3, 0.4) is 0 Å². The summed E-state index contributed by atoms with van der Waals surface area (Å²) in [5, 5.41) is 0. The van der Waals surface area contributed by atoms with Gasteiger partial charge in [-0.15, -0.1) is 0 Å². The van der Waals surface area contributed by atoms with Crippen LogP contribution in [0.25, 0.3) is 0 Å². The Hall–Kier alpha value is -1.20. The third kappa shape index (κ3) is 5.43. The highest BCUT2D eigenvalue weighted by atomic mass is 19.1. The predicted octanol–water partition coefficient (Wildman–Crippen LogP) is 3.52. The van der Waals surface area contributed by atoms with Crippen LogP contribution in [0.1, 0.15) is 32.3 Å². The third-order valence-electron chi connectivity index (χ3n) is 2.70. The van der Waals surface area contributed by atoms with Gasteiger partial charge in [0.1, 0.15) is 24.0 Å². The van der Waals surface area contributed by atoms with Crippen molar-refractivity contribution < 1.29 is 23.0 Å². The zero-order valence-electron chi connectivity index (χ0n) is 12.2. The molecule has 0 aliphatic carbocycles. The van der Waals surface area contributed by atoms with Gasteiger partial charge in [-0.2, -0.15) is 0 Å². The van der Waals surface area contributed by atoms with Crippen LogP contribution in [0.2, 0.25) is 0 Å². The summed E-state index contributed by atoms with van der Waals surface area (Å²) in [6.45, 7) is 7.65. The maximum absolute atomic E-state index is 13.7. The molecule has 0 heterocycles. The highest BCUT2D eigenvalue weighted by Crippen LogP contribution is 2.26. The number of rotatable bonds is 9. The first-order valence-corrected chi connectivity index (χ1v) is 6.83. The average molecular weight is 288 g/mol. The summed E-state index contributed by atoms with van der Waals surface area (Å²) in [6.07, 6.45) is 0. The maximum atomic E-state index is 13.7. The van der Waals surface area contributed by atoms with E-state index in [4.69, 9.17) is 14.2 Å². The minimum Gasteiger partial charge on any atom is -0.491 e. The third-order valence-corrected chi connectivity index (χ3v) is 2.70. The van der Waals surface area contributed by atoms with E-state index < -0.39 is 11.6 Å². The molecule has 5 heteroatoms. The van der Waals surface area contributed by atoms with Crippen LogP contribution in [0, 0.1) is 11.6 Å². The van der Waals surface area contributed by atoms with E-state index in [0.717, 1.165) is 0 Å². The summed E-state index contributed by atoms with van der Waals surface area (Å²) in [5.41, 5.74) is 0.0883. The fraction of sp³-hybridized carbons (Fsp3) is 0.600. The van der Waals surface area contributed by atoms with E-state index in [9.17, 15) is 8.78 Å². The van der Waals surface area contributed by atoms with Gasteiger partial charge in [-0.3, -0.25) is 0 Å². The van der Waals surface area contributed by atoms with Crippen molar-refractivity contribution >= 4 is 0 Å². The molecule has 114 valence electrons. The summed E-state index contributed by atoms with van der Waals surface area (Å²) in [7, 11) is 0. The molecular formula is C15H22F2O3. The van der Waals surface area contributed by atoms with E-state index >= 15 is 0 Å². The van der Waals surface area contributed by atoms with Crippen molar-refractivity contribution in [3.8, 4) is 5.75 Å². The van der Waals surface area contributed by atoms with Gasteiger partial charge in [-0.1, -0.05) is 13.8 Å². The van der Waals surface area contributed by atoms with Crippen LogP contribution in [0.4, 0.5) is 8.78 Å². The molecule has 0 aromatic heterocycles. The molecular weight excluding hydrogens is 266 g/mol. The fourth-order valence-corrected chi connectivity index (χ4v) is 1.78. The zero-order valence-corrected chi connectivity index (χ0v) is 12.2. The number of benzene rings is 1. The summed E-state index contributed by atoms with van der Waals surface area (Å²) < 4.78 is 43.0. The molecule has 0 radical (unpaired) electrons. The Morgan fingerprint density at radius 2 is 1.50 bits per heavy atom. The Morgan fingerprint density at radius 1 is 0.950 bits per heavy atom. The van der Waals surface area contributed by atoms with Crippen molar-refractivity contribution in [2.45, 2.75) is 26.7 Å². The van der Waals surface area contributed by atoms with Gasteiger partial charge in [-0.25, -0.2) is 8.78 Å². The molecule has 1 aromatic carbocycles. The first kappa shape index (κ1) is 16.9. The Morgan fingerprint density at radius 3 is 2.05 bits per heavy atom. The molecule has 1 rings (SSSR count).